The van der Waals surface area contributed by atoms with E-state index in [2.05, 4.69) is 11.1 Å². The summed E-state index contributed by atoms with van der Waals surface area (Å²) in [6, 6.07) is 8.03. The van der Waals surface area contributed by atoms with Gasteiger partial charge in [0.25, 0.3) is 0 Å². The van der Waals surface area contributed by atoms with Crippen LogP contribution in [0.25, 0.3) is 10.9 Å². The maximum Gasteiger partial charge on any atom is 0.303 e. The summed E-state index contributed by atoms with van der Waals surface area (Å²) in [4.78, 5) is 15.7. The SMILES string of the molecule is CC(=O)OC1CCCc2cnc3ccccc3c21. The van der Waals surface area contributed by atoms with Gasteiger partial charge < -0.3 is 4.74 Å². The highest BCUT2D eigenvalue weighted by Crippen LogP contribution is 2.36. The van der Waals surface area contributed by atoms with E-state index >= 15 is 0 Å². The van der Waals surface area contributed by atoms with Crippen LogP contribution in [0.2, 0.25) is 0 Å². The second-order valence-electron chi connectivity index (χ2n) is 4.70. The van der Waals surface area contributed by atoms with E-state index in [4.69, 9.17) is 4.74 Å². The first kappa shape index (κ1) is 11.2. The predicted molar refractivity (Wildman–Crippen MR) is 69.2 cm³/mol. The van der Waals surface area contributed by atoms with Crippen molar-refractivity contribution in [2.75, 3.05) is 0 Å². The standard InChI is InChI=1S/C15H15NO2/c1-10(17)18-14-8-4-5-11-9-16-13-7-3-2-6-12(13)15(11)14/h2-3,6-7,9,14H,4-5,8H2,1H3. The van der Waals surface area contributed by atoms with E-state index in [0.717, 1.165) is 35.7 Å². The number of aromatic nitrogens is 1. The summed E-state index contributed by atoms with van der Waals surface area (Å²) in [6.45, 7) is 1.47. The number of nitrogens with zero attached hydrogens (tertiary/aromatic N) is 1. The van der Waals surface area contributed by atoms with Crippen molar-refractivity contribution in [2.24, 2.45) is 0 Å². The first-order valence-corrected chi connectivity index (χ1v) is 6.29. The van der Waals surface area contributed by atoms with Crippen molar-refractivity contribution in [1.82, 2.24) is 4.98 Å². The average molecular weight is 241 g/mol. The Kier molecular flexibility index (Phi) is 2.74. The number of benzene rings is 1. The summed E-state index contributed by atoms with van der Waals surface area (Å²) >= 11 is 0. The number of fused-ring (bicyclic) bond motifs is 3. The lowest BCUT2D eigenvalue weighted by atomic mass is 9.88. The Morgan fingerprint density at radius 1 is 1.39 bits per heavy atom. The Morgan fingerprint density at radius 3 is 3.06 bits per heavy atom. The minimum absolute atomic E-state index is 0.112. The molecule has 3 nitrogen and oxygen atoms in total. The molecule has 3 heteroatoms. The molecule has 1 aliphatic rings. The van der Waals surface area contributed by atoms with Crippen LogP contribution in [0.15, 0.2) is 30.5 Å². The normalized spacial score (nSPS) is 18.4. The Hall–Kier alpha value is -1.90. The third kappa shape index (κ3) is 1.86. The summed E-state index contributed by atoms with van der Waals surface area (Å²) in [5, 5.41) is 1.11. The number of rotatable bonds is 1. The van der Waals surface area contributed by atoms with Gasteiger partial charge in [-0.15, -0.1) is 0 Å². The Balaban J connectivity index is 2.18. The molecule has 92 valence electrons. The van der Waals surface area contributed by atoms with Gasteiger partial charge in [0.2, 0.25) is 0 Å². The average Bonchev–Trinajstić information content (AvgIpc) is 2.38. The van der Waals surface area contributed by atoms with Gasteiger partial charge in [-0.25, -0.2) is 0 Å². The molecular weight excluding hydrogens is 226 g/mol. The van der Waals surface area contributed by atoms with Crippen molar-refractivity contribution in [3.8, 4) is 0 Å². The van der Waals surface area contributed by atoms with E-state index in [0.29, 0.717) is 0 Å². The number of para-hydroxylation sites is 1. The van der Waals surface area contributed by atoms with Crippen LogP contribution in [0.4, 0.5) is 0 Å². The molecule has 0 saturated carbocycles. The van der Waals surface area contributed by atoms with Crippen LogP contribution in [0.5, 0.6) is 0 Å². The fourth-order valence-electron chi connectivity index (χ4n) is 2.72. The molecule has 0 spiro atoms. The molecule has 0 saturated heterocycles. The summed E-state index contributed by atoms with van der Waals surface area (Å²) in [6.07, 6.45) is 4.78. The van der Waals surface area contributed by atoms with Gasteiger partial charge in [0.1, 0.15) is 6.10 Å². The molecule has 0 amide bonds. The molecule has 0 aliphatic heterocycles. The smallest absolute Gasteiger partial charge is 0.303 e. The lowest BCUT2D eigenvalue weighted by molar-refractivity contribution is -0.147. The van der Waals surface area contributed by atoms with Crippen molar-refractivity contribution in [2.45, 2.75) is 32.3 Å². The molecule has 1 unspecified atom stereocenters. The van der Waals surface area contributed by atoms with E-state index in [9.17, 15) is 4.79 Å². The Bertz CT molecular complexity index is 606. The number of hydrogen-bond donors (Lipinski definition) is 0. The van der Waals surface area contributed by atoms with Crippen LogP contribution < -0.4 is 0 Å². The maximum absolute atomic E-state index is 11.2. The number of carbonyl (C=O) groups excluding carboxylic acids is 1. The molecule has 1 aromatic carbocycles. The van der Waals surface area contributed by atoms with Crippen molar-refractivity contribution in [3.05, 3.63) is 41.6 Å². The molecule has 18 heavy (non-hydrogen) atoms. The highest BCUT2D eigenvalue weighted by atomic mass is 16.5. The third-order valence-electron chi connectivity index (χ3n) is 3.44. The first-order valence-electron chi connectivity index (χ1n) is 6.29. The second-order valence-corrected chi connectivity index (χ2v) is 4.70. The fourth-order valence-corrected chi connectivity index (χ4v) is 2.72. The minimum atomic E-state index is -0.214. The highest BCUT2D eigenvalue weighted by Gasteiger charge is 2.25. The van der Waals surface area contributed by atoms with E-state index in [-0.39, 0.29) is 12.1 Å². The highest BCUT2D eigenvalue weighted by molar-refractivity contribution is 5.84. The van der Waals surface area contributed by atoms with Crippen LogP contribution >= 0.6 is 0 Å². The Morgan fingerprint density at radius 2 is 2.22 bits per heavy atom. The summed E-state index contributed by atoms with van der Waals surface area (Å²) in [7, 11) is 0. The predicted octanol–water partition coefficient (Wildman–Crippen LogP) is 3.18. The van der Waals surface area contributed by atoms with Crippen LogP contribution in [0.3, 0.4) is 0 Å². The number of hydrogen-bond acceptors (Lipinski definition) is 3. The van der Waals surface area contributed by atoms with Gasteiger partial charge in [-0.2, -0.15) is 0 Å². The largest absolute Gasteiger partial charge is 0.458 e. The van der Waals surface area contributed by atoms with Gasteiger partial charge in [-0.05, 0) is 30.9 Å². The quantitative estimate of drug-likeness (QED) is 0.720. The molecule has 3 rings (SSSR count). The number of ether oxygens (including phenoxy) is 1. The van der Waals surface area contributed by atoms with Crippen LogP contribution in [-0.2, 0) is 16.0 Å². The zero-order valence-corrected chi connectivity index (χ0v) is 10.3. The fraction of sp³-hybridized carbons (Fsp3) is 0.333. The van der Waals surface area contributed by atoms with Gasteiger partial charge in [0.05, 0.1) is 5.52 Å². The summed E-state index contributed by atoms with van der Waals surface area (Å²) < 4.78 is 5.46. The van der Waals surface area contributed by atoms with Gasteiger partial charge in [-0.1, -0.05) is 18.2 Å². The van der Waals surface area contributed by atoms with Crippen LogP contribution in [-0.4, -0.2) is 11.0 Å². The molecule has 1 heterocycles. The van der Waals surface area contributed by atoms with Gasteiger partial charge >= 0.3 is 5.97 Å². The molecule has 1 atom stereocenters. The number of aryl methyl sites for hydroxylation is 1. The minimum Gasteiger partial charge on any atom is -0.458 e. The number of carbonyl (C=O) groups is 1. The third-order valence-corrected chi connectivity index (χ3v) is 3.44. The van der Waals surface area contributed by atoms with Gasteiger partial charge in [0, 0.05) is 24.1 Å². The molecule has 1 aromatic heterocycles. The monoisotopic (exact) mass is 241 g/mol. The van der Waals surface area contributed by atoms with E-state index in [1.54, 1.807) is 0 Å². The van der Waals surface area contributed by atoms with Crippen molar-refractivity contribution < 1.29 is 9.53 Å². The Labute approximate surface area is 106 Å². The zero-order valence-electron chi connectivity index (χ0n) is 10.3. The molecule has 0 fully saturated rings. The molecule has 2 aromatic rings. The molecule has 0 bridgehead atoms. The maximum atomic E-state index is 11.2. The van der Waals surface area contributed by atoms with Crippen molar-refractivity contribution in [1.29, 1.82) is 0 Å². The summed E-state index contributed by atoms with van der Waals surface area (Å²) in [5.41, 5.74) is 3.34. The lowest BCUT2D eigenvalue weighted by Gasteiger charge is -2.26. The van der Waals surface area contributed by atoms with E-state index in [1.165, 1.54) is 12.5 Å². The van der Waals surface area contributed by atoms with Crippen molar-refractivity contribution >= 4 is 16.9 Å². The zero-order chi connectivity index (χ0) is 12.5. The molecule has 1 aliphatic carbocycles. The van der Waals surface area contributed by atoms with Crippen LogP contribution in [0.1, 0.15) is 37.0 Å². The van der Waals surface area contributed by atoms with E-state index in [1.807, 2.05) is 24.4 Å². The molecular formula is C15H15NO2. The van der Waals surface area contributed by atoms with E-state index < -0.39 is 0 Å². The topological polar surface area (TPSA) is 39.2 Å². The van der Waals surface area contributed by atoms with Crippen molar-refractivity contribution in [3.63, 3.8) is 0 Å². The van der Waals surface area contributed by atoms with Gasteiger partial charge in [0.15, 0.2) is 0 Å². The van der Waals surface area contributed by atoms with Gasteiger partial charge in [-0.3, -0.25) is 9.78 Å². The second kappa shape index (κ2) is 4.41. The van der Waals surface area contributed by atoms with Crippen LogP contribution in [0, 0.1) is 0 Å². The summed E-state index contributed by atoms with van der Waals surface area (Å²) in [5.74, 6) is -0.214. The molecule has 0 radical (unpaired) electrons. The lowest BCUT2D eigenvalue weighted by Crippen LogP contribution is -2.16. The number of pyridine rings is 1. The molecule has 0 N–H and O–H groups in total. The first-order chi connectivity index (χ1) is 8.75. The number of esters is 1.